The molecule has 70 valence electrons. The van der Waals surface area contributed by atoms with Crippen molar-refractivity contribution in [1.82, 2.24) is 0 Å². The summed E-state index contributed by atoms with van der Waals surface area (Å²) in [4.78, 5) is 0. The van der Waals surface area contributed by atoms with Crippen molar-refractivity contribution in [3.63, 3.8) is 0 Å². The zero-order chi connectivity index (χ0) is 9.10. The van der Waals surface area contributed by atoms with Crippen molar-refractivity contribution in [2.24, 2.45) is 0 Å². The standard InChI is InChI=1S/C11H14O2/c12-11-8-13-7-6-10(11)9-4-2-1-3-5-9/h1-5,10-12H,6-8H2. The quantitative estimate of drug-likeness (QED) is 0.707. The lowest BCUT2D eigenvalue weighted by atomic mass is 9.90. The lowest BCUT2D eigenvalue weighted by Crippen LogP contribution is -2.30. The Hall–Kier alpha value is -0.860. The molecular weight excluding hydrogens is 164 g/mol. The normalized spacial score (nSPS) is 28.7. The van der Waals surface area contributed by atoms with Crippen LogP contribution in [0.1, 0.15) is 17.9 Å². The van der Waals surface area contributed by atoms with E-state index in [1.807, 2.05) is 18.2 Å². The van der Waals surface area contributed by atoms with Crippen LogP contribution in [0.3, 0.4) is 0 Å². The summed E-state index contributed by atoms with van der Waals surface area (Å²) in [6.45, 7) is 1.23. The first-order valence-electron chi connectivity index (χ1n) is 4.68. The van der Waals surface area contributed by atoms with Crippen LogP contribution < -0.4 is 0 Å². The number of aliphatic hydroxyl groups is 1. The summed E-state index contributed by atoms with van der Waals surface area (Å²) >= 11 is 0. The van der Waals surface area contributed by atoms with Crippen molar-refractivity contribution in [3.05, 3.63) is 35.9 Å². The van der Waals surface area contributed by atoms with Crippen molar-refractivity contribution in [2.75, 3.05) is 13.2 Å². The molecule has 0 spiro atoms. The molecule has 0 bridgehead atoms. The van der Waals surface area contributed by atoms with Crippen LogP contribution in [0.5, 0.6) is 0 Å². The molecule has 1 aliphatic rings. The number of hydrogen-bond donors (Lipinski definition) is 1. The molecule has 2 nitrogen and oxygen atoms in total. The van der Waals surface area contributed by atoms with Crippen LogP contribution in [0.25, 0.3) is 0 Å². The van der Waals surface area contributed by atoms with Crippen molar-refractivity contribution >= 4 is 0 Å². The van der Waals surface area contributed by atoms with E-state index in [4.69, 9.17) is 4.74 Å². The number of ether oxygens (including phenoxy) is 1. The fourth-order valence-corrected chi connectivity index (χ4v) is 1.81. The van der Waals surface area contributed by atoms with Gasteiger partial charge in [-0.2, -0.15) is 0 Å². The highest BCUT2D eigenvalue weighted by Gasteiger charge is 2.24. The SMILES string of the molecule is OC1COCCC1c1ccccc1. The number of aliphatic hydroxyl groups excluding tert-OH is 1. The molecule has 2 unspecified atom stereocenters. The Balaban J connectivity index is 2.15. The fourth-order valence-electron chi connectivity index (χ4n) is 1.81. The van der Waals surface area contributed by atoms with Gasteiger partial charge in [0.2, 0.25) is 0 Å². The average Bonchev–Trinajstić information content (AvgIpc) is 2.20. The third-order valence-electron chi connectivity index (χ3n) is 2.55. The van der Waals surface area contributed by atoms with Crippen LogP contribution in [-0.2, 0) is 4.74 Å². The third kappa shape index (κ3) is 1.90. The number of benzene rings is 1. The van der Waals surface area contributed by atoms with Gasteiger partial charge in [-0.1, -0.05) is 30.3 Å². The van der Waals surface area contributed by atoms with Crippen molar-refractivity contribution in [1.29, 1.82) is 0 Å². The summed E-state index contributed by atoms with van der Waals surface area (Å²) in [7, 11) is 0. The maximum Gasteiger partial charge on any atom is 0.0842 e. The molecular formula is C11H14O2. The van der Waals surface area contributed by atoms with Crippen LogP contribution in [0, 0.1) is 0 Å². The topological polar surface area (TPSA) is 29.5 Å². The van der Waals surface area contributed by atoms with Crippen LogP contribution >= 0.6 is 0 Å². The smallest absolute Gasteiger partial charge is 0.0842 e. The predicted molar refractivity (Wildman–Crippen MR) is 50.6 cm³/mol. The zero-order valence-corrected chi connectivity index (χ0v) is 7.52. The minimum atomic E-state index is -0.337. The van der Waals surface area contributed by atoms with E-state index in [-0.39, 0.29) is 12.0 Å². The lowest BCUT2D eigenvalue weighted by Gasteiger charge is -2.27. The molecule has 1 aromatic carbocycles. The molecule has 1 heterocycles. The Morgan fingerprint density at radius 2 is 2.00 bits per heavy atom. The first-order valence-corrected chi connectivity index (χ1v) is 4.68. The zero-order valence-electron chi connectivity index (χ0n) is 7.52. The van der Waals surface area contributed by atoms with E-state index < -0.39 is 0 Å². The van der Waals surface area contributed by atoms with Gasteiger partial charge in [0, 0.05) is 12.5 Å². The molecule has 1 saturated heterocycles. The van der Waals surface area contributed by atoms with Crippen LogP contribution in [0.2, 0.25) is 0 Å². The van der Waals surface area contributed by atoms with Crippen LogP contribution in [0.4, 0.5) is 0 Å². The molecule has 0 saturated carbocycles. The molecule has 13 heavy (non-hydrogen) atoms. The van der Waals surface area contributed by atoms with Gasteiger partial charge >= 0.3 is 0 Å². The minimum absolute atomic E-state index is 0.259. The van der Waals surface area contributed by atoms with Gasteiger partial charge in [-0.05, 0) is 12.0 Å². The first kappa shape index (κ1) is 8.73. The molecule has 1 aromatic rings. The van der Waals surface area contributed by atoms with Gasteiger partial charge in [0.15, 0.2) is 0 Å². The number of rotatable bonds is 1. The third-order valence-corrected chi connectivity index (χ3v) is 2.55. The Labute approximate surface area is 78.2 Å². The average molecular weight is 178 g/mol. The molecule has 2 rings (SSSR count). The van der Waals surface area contributed by atoms with Gasteiger partial charge in [0.05, 0.1) is 12.7 Å². The van der Waals surface area contributed by atoms with E-state index in [2.05, 4.69) is 12.1 Å². The molecule has 0 aliphatic carbocycles. The van der Waals surface area contributed by atoms with E-state index in [9.17, 15) is 5.11 Å². The highest BCUT2D eigenvalue weighted by atomic mass is 16.5. The fraction of sp³-hybridized carbons (Fsp3) is 0.455. The van der Waals surface area contributed by atoms with Gasteiger partial charge in [-0.15, -0.1) is 0 Å². The minimum Gasteiger partial charge on any atom is -0.390 e. The molecule has 1 N–H and O–H groups in total. The summed E-state index contributed by atoms with van der Waals surface area (Å²) < 4.78 is 5.18. The molecule has 1 aliphatic heterocycles. The van der Waals surface area contributed by atoms with E-state index >= 15 is 0 Å². The predicted octanol–water partition coefficient (Wildman–Crippen LogP) is 1.55. The van der Waals surface area contributed by atoms with E-state index in [0.29, 0.717) is 6.61 Å². The summed E-state index contributed by atoms with van der Waals surface area (Å²) in [5, 5.41) is 9.70. The molecule has 0 amide bonds. The molecule has 2 heteroatoms. The van der Waals surface area contributed by atoms with E-state index in [0.717, 1.165) is 13.0 Å². The van der Waals surface area contributed by atoms with Gasteiger partial charge in [-0.3, -0.25) is 0 Å². The second kappa shape index (κ2) is 3.90. The Morgan fingerprint density at radius 1 is 1.23 bits per heavy atom. The second-order valence-corrected chi connectivity index (χ2v) is 3.45. The largest absolute Gasteiger partial charge is 0.390 e. The second-order valence-electron chi connectivity index (χ2n) is 3.45. The van der Waals surface area contributed by atoms with Crippen LogP contribution in [0.15, 0.2) is 30.3 Å². The van der Waals surface area contributed by atoms with Crippen molar-refractivity contribution < 1.29 is 9.84 Å². The van der Waals surface area contributed by atoms with Gasteiger partial charge in [0.1, 0.15) is 0 Å². The molecule has 0 radical (unpaired) electrons. The van der Waals surface area contributed by atoms with Crippen molar-refractivity contribution in [2.45, 2.75) is 18.4 Å². The summed E-state index contributed by atoms with van der Waals surface area (Å²) in [6.07, 6.45) is 0.585. The highest BCUT2D eigenvalue weighted by Crippen LogP contribution is 2.26. The monoisotopic (exact) mass is 178 g/mol. The Morgan fingerprint density at radius 3 is 2.69 bits per heavy atom. The summed E-state index contributed by atoms with van der Waals surface area (Å²) in [5.74, 6) is 0.259. The Bertz CT molecular complexity index is 258. The summed E-state index contributed by atoms with van der Waals surface area (Å²) in [6, 6.07) is 10.2. The van der Waals surface area contributed by atoms with Gasteiger partial charge in [-0.25, -0.2) is 0 Å². The van der Waals surface area contributed by atoms with E-state index in [1.165, 1.54) is 5.56 Å². The van der Waals surface area contributed by atoms with Gasteiger partial charge in [0.25, 0.3) is 0 Å². The molecule has 0 aromatic heterocycles. The Kier molecular flexibility index (Phi) is 2.62. The van der Waals surface area contributed by atoms with E-state index in [1.54, 1.807) is 0 Å². The van der Waals surface area contributed by atoms with Crippen molar-refractivity contribution in [3.8, 4) is 0 Å². The first-order chi connectivity index (χ1) is 6.38. The highest BCUT2D eigenvalue weighted by molar-refractivity contribution is 5.21. The lowest BCUT2D eigenvalue weighted by molar-refractivity contribution is -0.0205. The number of hydrogen-bond acceptors (Lipinski definition) is 2. The molecule has 1 fully saturated rings. The molecule has 2 atom stereocenters. The maximum absolute atomic E-state index is 9.70. The maximum atomic E-state index is 9.70. The summed E-state index contributed by atoms with van der Waals surface area (Å²) in [5.41, 5.74) is 1.22. The van der Waals surface area contributed by atoms with Gasteiger partial charge < -0.3 is 9.84 Å². The van der Waals surface area contributed by atoms with Crippen LogP contribution in [-0.4, -0.2) is 24.4 Å².